The number of nitrogens with zero attached hydrogens (tertiary/aromatic N) is 5. The van der Waals surface area contributed by atoms with Crippen molar-refractivity contribution in [2.45, 2.75) is 12.5 Å². The molecule has 0 aromatic carbocycles. The van der Waals surface area contributed by atoms with Gasteiger partial charge in [0.15, 0.2) is 11.5 Å². The number of hydrogen-bond acceptors (Lipinski definition) is 7. The zero-order chi connectivity index (χ0) is 13.0. The molecule has 1 unspecified atom stereocenters. The summed E-state index contributed by atoms with van der Waals surface area (Å²) in [5.41, 5.74) is 0.507. The minimum atomic E-state index is -0.914. The average Bonchev–Trinajstić information content (AvgIpc) is 2.82. The molecule has 96 valence electrons. The van der Waals surface area contributed by atoms with Crippen LogP contribution in [0.4, 0.5) is 5.82 Å². The molecule has 0 bridgehead atoms. The van der Waals surface area contributed by atoms with Crippen molar-refractivity contribution < 1.29 is 14.6 Å². The number of aromatic nitrogens is 5. The first-order valence-electron chi connectivity index (χ1n) is 5.21. The number of ether oxygens (including phenoxy) is 1. The molecule has 9 nitrogen and oxygen atoms in total. The Labute approximate surface area is 102 Å². The van der Waals surface area contributed by atoms with Crippen LogP contribution in [0.25, 0.3) is 5.65 Å². The molecule has 0 saturated heterocycles. The van der Waals surface area contributed by atoms with Crippen molar-refractivity contribution in [1.29, 1.82) is 0 Å². The summed E-state index contributed by atoms with van der Waals surface area (Å²) in [7, 11) is 1.46. The highest BCUT2D eigenvalue weighted by molar-refractivity contribution is 5.67. The summed E-state index contributed by atoms with van der Waals surface area (Å²) in [4.78, 5) is 14.6. The lowest BCUT2D eigenvalue weighted by molar-refractivity contribution is -0.139. The second-order valence-electron chi connectivity index (χ2n) is 3.58. The molecule has 0 amide bonds. The fraction of sp³-hybridized carbons (Fsp3) is 0.444. The van der Waals surface area contributed by atoms with Gasteiger partial charge in [0, 0.05) is 13.7 Å². The average molecular weight is 252 g/mol. The lowest BCUT2D eigenvalue weighted by Gasteiger charge is -2.14. The molecule has 2 aromatic rings. The molecule has 0 spiro atoms. The molecule has 2 heterocycles. The molecule has 9 heteroatoms. The second-order valence-corrected chi connectivity index (χ2v) is 3.58. The highest BCUT2D eigenvalue weighted by Crippen LogP contribution is 2.07. The molecule has 2 N–H and O–H groups in total. The number of aliphatic carboxylic acids is 1. The number of carboxylic acids is 1. The van der Waals surface area contributed by atoms with Crippen LogP contribution in [-0.2, 0) is 9.53 Å². The number of hydrogen-bond donors (Lipinski definition) is 2. The van der Waals surface area contributed by atoms with Crippen molar-refractivity contribution in [3.05, 3.63) is 12.4 Å². The van der Waals surface area contributed by atoms with Crippen molar-refractivity contribution in [3.8, 4) is 0 Å². The van der Waals surface area contributed by atoms with E-state index in [9.17, 15) is 4.79 Å². The topological polar surface area (TPSA) is 115 Å². The lowest BCUT2D eigenvalue weighted by atomic mass is 10.2. The van der Waals surface area contributed by atoms with Gasteiger partial charge in [-0.1, -0.05) is 0 Å². The summed E-state index contributed by atoms with van der Waals surface area (Å²) in [5, 5.41) is 22.7. The lowest BCUT2D eigenvalue weighted by Crippen LogP contribution is -2.25. The molecular weight excluding hydrogens is 240 g/mol. The largest absolute Gasteiger partial charge is 0.481 e. The molecule has 2 rings (SSSR count). The van der Waals surface area contributed by atoms with Gasteiger partial charge in [-0.25, -0.2) is 0 Å². The van der Waals surface area contributed by atoms with Crippen LogP contribution in [0.3, 0.4) is 0 Å². The molecule has 1 atom stereocenters. The van der Waals surface area contributed by atoms with E-state index < -0.39 is 12.1 Å². The molecule has 0 radical (unpaired) electrons. The van der Waals surface area contributed by atoms with Gasteiger partial charge in [0.25, 0.3) is 0 Å². The van der Waals surface area contributed by atoms with Gasteiger partial charge < -0.3 is 15.2 Å². The van der Waals surface area contributed by atoms with Crippen LogP contribution in [0, 0.1) is 0 Å². The number of fused-ring (bicyclic) bond motifs is 1. The van der Waals surface area contributed by atoms with Crippen molar-refractivity contribution in [3.63, 3.8) is 0 Å². The highest BCUT2D eigenvalue weighted by atomic mass is 16.5. The van der Waals surface area contributed by atoms with Crippen LogP contribution in [-0.4, -0.2) is 55.9 Å². The number of methoxy groups -OCH3 is 1. The maximum atomic E-state index is 10.6. The van der Waals surface area contributed by atoms with Gasteiger partial charge in [0.1, 0.15) is 0 Å². The minimum Gasteiger partial charge on any atom is -0.481 e. The van der Waals surface area contributed by atoms with Crippen LogP contribution < -0.4 is 5.32 Å². The molecule has 2 aromatic heterocycles. The van der Waals surface area contributed by atoms with Gasteiger partial charge in [-0.15, -0.1) is 5.10 Å². The maximum Gasteiger partial charge on any atom is 0.306 e. The first-order valence-corrected chi connectivity index (χ1v) is 5.21. The molecule has 0 aliphatic carbocycles. The third-order valence-corrected chi connectivity index (χ3v) is 2.36. The molecular formula is C9H12N6O3. The zero-order valence-corrected chi connectivity index (χ0v) is 9.65. The van der Waals surface area contributed by atoms with Gasteiger partial charge in [-0.3, -0.25) is 9.78 Å². The fourth-order valence-corrected chi connectivity index (χ4v) is 1.45. The van der Waals surface area contributed by atoms with Crippen molar-refractivity contribution in [2.24, 2.45) is 0 Å². The summed E-state index contributed by atoms with van der Waals surface area (Å²) < 4.78 is 6.52. The highest BCUT2D eigenvalue weighted by Gasteiger charge is 2.13. The molecule has 0 aliphatic heterocycles. The van der Waals surface area contributed by atoms with Crippen molar-refractivity contribution in [1.82, 2.24) is 25.0 Å². The Morgan fingerprint density at radius 3 is 3.17 bits per heavy atom. The van der Waals surface area contributed by atoms with E-state index in [4.69, 9.17) is 9.84 Å². The van der Waals surface area contributed by atoms with Crippen molar-refractivity contribution in [2.75, 3.05) is 19.0 Å². The van der Waals surface area contributed by atoms with E-state index in [1.165, 1.54) is 17.8 Å². The Morgan fingerprint density at radius 2 is 2.44 bits per heavy atom. The third-order valence-electron chi connectivity index (χ3n) is 2.36. The van der Waals surface area contributed by atoms with E-state index in [0.29, 0.717) is 18.0 Å². The zero-order valence-electron chi connectivity index (χ0n) is 9.65. The molecule has 0 aliphatic rings. The Morgan fingerprint density at radius 1 is 1.61 bits per heavy atom. The SMILES string of the molecule is COC(CNc1cncc2nnnn12)CC(=O)O. The van der Waals surface area contributed by atoms with Crippen LogP contribution in [0.1, 0.15) is 6.42 Å². The van der Waals surface area contributed by atoms with Crippen LogP contribution >= 0.6 is 0 Å². The van der Waals surface area contributed by atoms with E-state index in [0.717, 1.165) is 0 Å². The first-order chi connectivity index (χ1) is 8.70. The Kier molecular flexibility index (Phi) is 3.63. The second kappa shape index (κ2) is 5.36. The van der Waals surface area contributed by atoms with Gasteiger partial charge in [-0.05, 0) is 10.4 Å². The number of anilines is 1. The number of tetrazole rings is 1. The van der Waals surface area contributed by atoms with Gasteiger partial charge in [0.05, 0.1) is 24.9 Å². The van der Waals surface area contributed by atoms with Gasteiger partial charge >= 0.3 is 5.97 Å². The normalized spacial score (nSPS) is 12.5. The smallest absolute Gasteiger partial charge is 0.306 e. The fourth-order valence-electron chi connectivity index (χ4n) is 1.45. The van der Waals surface area contributed by atoms with E-state index in [-0.39, 0.29) is 6.42 Å². The molecule has 0 saturated carbocycles. The van der Waals surface area contributed by atoms with Crippen LogP contribution in [0.5, 0.6) is 0 Å². The Bertz CT molecular complexity index is 542. The number of carbonyl (C=O) groups is 1. The summed E-state index contributed by atoms with van der Waals surface area (Å²) in [6, 6.07) is 0. The van der Waals surface area contributed by atoms with E-state index in [1.54, 1.807) is 6.20 Å². The summed E-state index contributed by atoms with van der Waals surface area (Å²) >= 11 is 0. The quantitative estimate of drug-likeness (QED) is 0.701. The monoisotopic (exact) mass is 252 g/mol. The molecule has 0 fully saturated rings. The maximum absolute atomic E-state index is 10.6. The standard InChI is InChI=1S/C9H12N6O3/c1-18-6(2-9(16)17)3-11-7-4-10-5-8-12-13-14-15(7)8/h4-6,11H,2-3H2,1H3,(H,16,17). The van der Waals surface area contributed by atoms with Gasteiger partial charge in [-0.2, -0.15) is 4.52 Å². The predicted octanol–water partition coefficient (Wildman–Crippen LogP) is -0.579. The van der Waals surface area contributed by atoms with Crippen molar-refractivity contribution >= 4 is 17.4 Å². The van der Waals surface area contributed by atoms with E-state index in [2.05, 4.69) is 25.8 Å². The summed E-state index contributed by atoms with van der Waals surface area (Å²) in [5.74, 6) is -0.340. The summed E-state index contributed by atoms with van der Waals surface area (Å²) in [6.07, 6.45) is 2.56. The van der Waals surface area contributed by atoms with Crippen LogP contribution in [0.15, 0.2) is 12.4 Å². The first kappa shape index (κ1) is 12.2. The Balaban J connectivity index is 2.05. The third kappa shape index (κ3) is 2.69. The minimum absolute atomic E-state index is 0.0808. The number of carboxylic acid groups (broad SMARTS) is 1. The number of rotatable bonds is 6. The number of nitrogens with one attached hydrogen (secondary N) is 1. The van der Waals surface area contributed by atoms with Gasteiger partial charge in [0.2, 0.25) is 0 Å². The van der Waals surface area contributed by atoms with E-state index >= 15 is 0 Å². The van der Waals surface area contributed by atoms with Crippen LogP contribution in [0.2, 0.25) is 0 Å². The summed E-state index contributed by atoms with van der Waals surface area (Å²) in [6.45, 7) is 0.323. The Hall–Kier alpha value is -2.29. The molecule has 18 heavy (non-hydrogen) atoms. The predicted molar refractivity (Wildman–Crippen MR) is 60.1 cm³/mol. The van der Waals surface area contributed by atoms with E-state index in [1.807, 2.05) is 0 Å².